The van der Waals surface area contributed by atoms with Crippen LogP contribution in [0.2, 0.25) is 0 Å². The number of hydrogen-bond acceptors (Lipinski definition) is 1. The Hall–Kier alpha value is -0.340. The molecular formula is C11H12BrClO. The van der Waals surface area contributed by atoms with Gasteiger partial charge in [0.15, 0.2) is 5.78 Å². The van der Waals surface area contributed by atoms with E-state index < -0.39 is 0 Å². The Kier molecular flexibility index (Phi) is 4.63. The molecule has 0 atom stereocenters. The van der Waals surface area contributed by atoms with Crippen LogP contribution in [0.15, 0.2) is 22.7 Å². The zero-order valence-electron chi connectivity index (χ0n) is 8.02. The van der Waals surface area contributed by atoms with E-state index in [2.05, 4.69) is 15.9 Å². The highest BCUT2D eigenvalue weighted by molar-refractivity contribution is 9.10. The summed E-state index contributed by atoms with van der Waals surface area (Å²) in [6, 6.07) is 5.65. The molecule has 0 aromatic heterocycles. The van der Waals surface area contributed by atoms with Crippen molar-refractivity contribution >= 4 is 33.3 Å². The third-order valence-electron chi connectivity index (χ3n) is 2.02. The molecule has 0 aliphatic rings. The van der Waals surface area contributed by atoms with E-state index in [1.807, 2.05) is 25.1 Å². The average Bonchev–Trinajstić information content (AvgIpc) is 2.18. The number of aryl methyl sites for hydroxylation is 1. The fourth-order valence-corrected chi connectivity index (χ4v) is 1.57. The molecule has 0 spiro atoms. The number of halogens is 2. The predicted octanol–water partition coefficient (Wildman–Crippen LogP) is 3.96. The Morgan fingerprint density at radius 1 is 1.50 bits per heavy atom. The molecule has 76 valence electrons. The number of alkyl halides is 1. The minimum Gasteiger partial charge on any atom is -0.294 e. The van der Waals surface area contributed by atoms with Gasteiger partial charge in [0, 0.05) is 22.3 Å². The number of ketones is 1. The van der Waals surface area contributed by atoms with E-state index in [9.17, 15) is 4.79 Å². The molecular weight excluding hydrogens is 263 g/mol. The van der Waals surface area contributed by atoms with Crippen LogP contribution >= 0.6 is 27.5 Å². The van der Waals surface area contributed by atoms with Crippen molar-refractivity contribution in [1.29, 1.82) is 0 Å². The molecule has 0 saturated heterocycles. The zero-order valence-corrected chi connectivity index (χ0v) is 10.4. The van der Waals surface area contributed by atoms with E-state index in [0.717, 1.165) is 22.0 Å². The summed E-state index contributed by atoms with van der Waals surface area (Å²) in [5.74, 6) is 0.711. The fraction of sp³-hybridized carbons (Fsp3) is 0.364. The van der Waals surface area contributed by atoms with Crippen LogP contribution in [0.1, 0.15) is 28.8 Å². The molecule has 0 bridgehead atoms. The normalized spacial score (nSPS) is 10.2. The summed E-state index contributed by atoms with van der Waals surface area (Å²) in [5.41, 5.74) is 1.86. The summed E-state index contributed by atoms with van der Waals surface area (Å²) in [6.45, 7) is 1.97. The quantitative estimate of drug-likeness (QED) is 0.600. The van der Waals surface area contributed by atoms with Crippen molar-refractivity contribution in [3.8, 4) is 0 Å². The lowest BCUT2D eigenvalue weighted by Gasteiger charge is -2.02. The SMILES string of the molecule is Cc1cc(C(=O)CCCCl)ccc1Br. The Labute approximate surface area is 97.6 Å². The zero-order chi connectivity index (χ0) is 10.6. The number of Topliss-reactive ketones (excluding diaryl/α,β-unsaturated/α-hetero) is 1. The van der Waals surface area contributed by atoms with Crippen molar-refractivity contribution in [2.75, 3.05) is 5.88 Å². The lowest BCUT2D eigenvalue weighted by Crippen LogP contribution is -1.99. The van der Waals surface area contributed by atoms with Crippen molar-refractivity contribution in [3.63, 3.8) is 0 Å². The first-order valence-corrected chi connectivity index (χ1v) is 5.83. The molecule has 0 aliphatic carbocycles. The van der Waals surface area contributed by atoms with Gasteiger partial charge in [-0.15, -0.1) is 11.6 Å². The molecule has 3 heteroatoms. The van der Waals surface area contributed by atoms with Gasteiger partial charge in [-0.1, -0.05) is 22.0 Å². The minimum absolute atomic E-state index is 0.168. The number of benzene rings is 1. The largest absolute Gasteiger partial charge is 0.294 e. The molecule has 0 aliphatic heterocycles. The lowest BCUT2D eigenvalue weighted by molar-refractivity contribution is 0.0982. The molecule has 1 nitrogen and oxygen atoms in total. The second kappa shape index (κ2) is 5.52. The van der Waals surface area contributed by atoms with Crippen LogP contribution in [0.5, 0.6) is 0 Å². The van der Waals surface area contributed by atoms with Gasteiger partial charge in [0.1, 0.15) is 0 Å². The lowest BCUT2D eigenvalue weighted by atomic mass is 10.1. The minimum atomic E-state index is 0.168. The monoisotopic (exact) mass is 274 g/mol. The molecule has 0 fully saturated rings. The highest BCUT2D eigenvalue weighted by Crippen LogP contribution is 2.18. The maximum absolute atomic E-state index is 11.6. The number of rotatable bonds is 4. The van der Waals surface area contributed by atoms with Gasteiger partial charge in [0.2, 0.25) is 0 Å². The summed E-state index contributed by atoms with van der Waals surface area (Å²) >= 11 is 8.93. The molecule has 0 radical (unpaired) electrons. The van der Waals surface area contributed by atoms with Crippen LogP contribution in [0, 0.1) is 6.92 Å². The van der Waals surface area contributed by atoms with Gasteiger partial charge in [-0.3, -0.25) is 4.79 Å². The second-order valence-electron chi connectivity index (χ2n) is 3.18. The fourth-order valence-electron chi connectivity index (χ4n) is 1.19. The number of carbonyl (C=O) groups excluding carboxylic acids is 1. The van der Waals surface area contributed by atoms with Gasteiger partial charge >= 0.3 is 0 Å². The summed E-state index contributed by atoms with van der Waals surface area (Å²) in [5, 5.41) is 0. The van der Waals surface area contributed by atoms with Crippen LogP contribution in [0.4, 0.5) is 0 Å². The summed E-state index contributed by atoms with van der Waals surface area (Å²) in [7, 11) is 0. The third kappa shape index (κ3) is 3.10. The maximum atomic E-state index is 11.6. The van der Waals surface area contributed by atoms with E-state index in [1.165, 1.54) is 0 Å². The first-order valence-electron chi connectivity index (χ1n) is 4.50. The second-order valence-corrected chi connectivity index (χ2v) is 4.41. The molecule has 0 N–H and O–H groups in total. The first-order chi connectivity index (χ1) is 6.65. The van der Waals surface area contributed by atoms with Crippen LogP contribution in [-0.4, -0.2) is 11.7 Å². The standard InChI is InChI=1S/C11H12BrClO/c1-8-7-9(4-5-10(8)12)11(14)3-2-6-13/h4-5,7H,2-3,6H2,1H3. The molecule has 1 rings (SSSR count). The Bertz CT molecular complexity index is 336. The number of carbonyl (C=O) groups is 1. The van der Waals surface area contributed by atoms with Crippen molar-refractivity contribution < 1.29 is 4.79 Å². The molecule has 0 unspecified atom stereocenters. The van der Waals surface area contributed by atoms with Crippen LogP contribution in [0.3, 0.4) is 0 Å². The van der Waals surface area contributed by atoms with Crippen molar-refractivity contribution in [3.05, 3.63) is 33.8 Å². The Morgan fingerprint density at radius 2 is 2.21 bits per heavy atom. The van der Waals surface area contributed by atoms with Crippen molar-refractivity contribution in [2.24, 2.45) is 0 Å². The van der Waals surface area contributed by atoms with Gasteiger partial charge in [-0.25, -0.2) is 0 Å². The van der Waals surface area contributed by atoms with Gasteiger partial charge in [-0.05, 0) is 31.0 Å². The van der Waals surface area contributed by atoms with Gasteiger partial charge in [-0.2, -0.15) is 0 Å². The summed E-state index contributed by atoms with van der Waals surface area (Å²) in [4.78, 5) is 11.6. The Balaban J connectivity index is 2.76. The van der Waals surface area contributed by atoms with E-state index >= 15 is 0 Å². The van der Waals surface area contributed by atoms with E-state index in [4.69, 9.17) is 11.6 Å². The molecule has 0 saturated carbocycles. The smallest absolute Gasteiger partial charge is 0.162 e. The van der Waals surface area contributed by atoms with Gasteiger partial charge in [0.25, 0.3) is 0 Å². The maximum Gasteiger partial charge on any atom is 0.162 e. The number of hydrogen-bond donors (Lipinski definition) is 0. The first kappa shape index (κ1) is 11.7. The molecule has 0 amide bonds. The Morgan fingerprint density at radius 3 is 2.79 bits per heavy atom. The summed E-state index contributed by atoms with van der Waals surface area (Å²) < 4.78 is 1.03. The van der Waals surface area contributed by atoms with E-state index in [1.54, 1.807) is 0 Å². The van der Waals surface area contributed by atoms with Crippen LogP contribution in [0.25, 0.3) is 0 Å². The van der Waals surface area contributed by atoms with Crippen LogP contribution in [-0.2, 0) is 0 Å². The molecule has 1 aromatic carbocycles. The van der Waals surface area contributed by atoms with E-state index in [-0.39, 0.29) is 5.78 Å². The van der Waals surface area contributed by atoms with Crippen molar-refractivity contribution in [2.45, 2.75) is 19.8 Å². The third-order valence-corrected chi connectivity index (χ3v) is 3.17. The van der Waals surface area contributed by atoms with Gasteiger partial charge in [0.05, 0.1) is 0 Å². The summed E-state index contributed by atoms with van der Waals surface area (Å²) in [6.07, 6.45) is 1.28. The van der Waals surface area contributed by atoms with Gasteiger partial charge < -0.3 is 0 Å². The molecule has 14 heavy (non-hydrogen) atoms. The molecule has 1 aromatic rings. The average molecular weight is 276 g/mol. The van der Waals surface area contributed by atoms with Crippen LogP contribution < -0.4 is 0 Å². The van der Waals surface area contributed by atoms with E-state index in [0.29, 0.717) is 12.3 Å². The van der Waals surface area contributed by atoms with Crippen molar-refractivity contribution in [1.82, 2.24) is 0 Å². The topological polar surface area (TPSA) is 17.1 Å². The highest BCUT2D eigenvalue weighted by atomic mass is 79.9. The molecule has 0 heterocycles. The predicted molar refractivity (Wildman–Crippen MR) is 63.2 cm³/mol. The highest BCUT2D eigenvalue weighted by Gasteiger charge is 2.06.